The number of rotatable bonds is 9. The maximum Gasteiger partial charge on any atom is 0.327 e. The molecular formula is C14H26N4O6. The van der Waals surface area contributed by atoms with Crippen molar-refractivity contribution in [1.82, 2.24) is 19.6 Å². The summed E-state index contributed by atoms with van der Waals surface area (Å²) in [5.41, 5.74) is -0.919. The summed E-state index contributed by atoms with van der Waals surface area (Å²) in [6.45, 7) is 2.14. The van der Waals surface area contributed by atoms with Gasteiger partial charge in [0.1, 0.15) is 26.9 Å². The van der Waals surface area contributed by atoms with Crippen molar-refractivity contribution in [3.63, 3.8) is 0 Å². The molecule has 0 bridgehead atoms. The molecule has 0 spiro atoms. The molecule has 2 heterocycles. The standard InChI is InChI=1S/C14H26N4O6/c1-6-14-11(15(7-21-2)12(19)17(14)9-23-4)16(8-22-3)13(20)18(14)10-24-5/h11H,6-10H2,1-5H3. The highest BCUT2D eigenvalue weighted by Gasteiger charge is 2.68. The number of nitrogens with zero attached hydrogens (tertiary/aromatic N) is 4. The van der Waals surface area contributed by atoms with Crippen LogP contribution < -0.4 is 0 Å². The zero-order valence-electron chi connectivity index (χ0n) is 14.9. The van der Waals surface area contributed by atoms with Gasteiger partial charge in [-0.05, 0) is 6.42 Å². The van der Waals surface area contributed by atoms with E-state index in [0.717, 1.165) is 0 Å². The zero-order chi connectivity index (χ0) is 17.9. The van der Waals surface area contributed by atoms with Crippen LogP contribution in [0.25, 0.3) is 0 Å². The molecule has 2 rings (SSSR count). The largest absolute Gasteiger partial charge is 0.364 e. The normalized spacial score (nSPS) is 26.8. The van der Waals surface area contributed by atoms with E-state index in [1.165, 1.54) is 38.2 Å². The van der Waals surface area contributed by atoms with Gasteiger partial charge in [-0.25, -0.2) is 9.59 Å². The van der Waals surface area contributed by atoms with Crippen LogP contribution in [0.15, 0.2) is 0 Å². The van der Waals surface area contributed by atoms with Crippen LogP contribution >= 0.6 is 0 Å². The minimum absolute atomic E-state index is 0.0533. The fourth-order valence-electron chi connectivity index (χ4n) is 3.63. The van der Waals surface area contributed by atoms with E-state index >= 15 is 0 Å². The number of hydrogen-bond donors (Lipinski definition) is 0. The molecule has 2 aliphatic heterocycles. The second-order valence-electron chi connectivity index (χ2n) is 5.64. The Balaban J connectivity index is 2.56. The fourth-order valence-corrected chi connectivity index (χ4v) is 3.63. The number of urea groups is 2. The van der Waals surface area contributed by atoms with E-state index < -0.39 is 11.8 Å². The van der Waals surface area contributed by atoms with Gasteiger partial charge in [-0.3, -0.25) is 19.6 Å². The Bertz CT molecular complexity index is 440. The number of carbonyl (C=O) groups is 2. The summed E-state index contributed by atoms with van der Waals surface area (Å²) < 4.78 is 20.8. The lowest BCUT2D eigenvalue weighted by atomic mass is 10.0. The maximum absolute atomic E-state index is 12.9. The molecule has 0 aromatic rings. The molecule has 0 saturated carbocycles. The molecule has 0 unspecified atom stereocenters. The van der Waals surface area contributed by atoms with Crippen molar-refractivity contribution in [2.24, 2.45) is 0 Å². The lowest BCUT2D eigenvalue weighted by Crippen LogP contribution is -2.60. The van der Waals surface area contributed by atoms with Crippen LogP contribution in [0.4, 0.5) is 9.59 Å². The van der Waals surface area contributed by atoms with Crippen LogP contribution in [0.2, 0.25) is 0 Å². The van der Waals surface area contributed by atoms with Crippen molar-refractivity contribution in [2.75, 3.05) is 55.4 Å². The quantitative estimate of drug-likeness (QED) is 0.597. The Morgan fingerprint density at radius 3 is 1.46 bits per heavy atom. The van der Waals surface area contributed by atoms with Gasteiger partial charge in [0.2, 0.25) is 0 Å². The molecule has 0 aliphatic carbocycles. The summed E-state index contributed by atoms with van der Waals surface area (Å²) in [6.07, 6.45) is -0.0600. The third kappa shape index (κ3) is 2.50. The van der Waals surface area contributed by atoms with Crippen molar-refractivity contribution in [3.05, 3.63) is 0 Å². The topological polar surface area (TPSA) is 84.0 Å². The van der Waals surface area contributed by atoms with Gasteiger partial charge >= 0.3 is 12.1 Å². The summed E-state index contributed by atoms with van der Waals surface area (Å²) in [6, 6.07) is -0.527. The van der Waals surface area contributed by atoms with Crippen molar-refractivity contribution in [3.8, 4) is 0 Å². The second kappa shape index (κ2) is 7.51. The summed E-state index contributed by atoms with van der Waals surface area (Å²) in [7, 11) is 6.03. The maximum atomic E-state index is 12.9. The van der Waals surface area contributed by atoms with Crippen LogP contribution in [0, 0.1) is 0 Å². The number of ether oxygens (including phenoxy) is 4. The molecule has 0 N–H and O–H groups in total. The van der Waals surface area contributed by atoms with Crippen LogP contribution in [-0.2, 0) is 18.9 Å². The molecule has 10 nitrogen and oxygen atoms in total. The summed E-state index contributed by atoms with van der Waals surface area (Å²) >= 11 is 0. The molecule has 10 heteroatoms. The molecule has 0 aromatic carbocycles. The van der Waals surface area contributed by atoms with Crippen LogP contribution in [0.5, 0.6) is 0 Å². The van der Waals surface area contributed by atoms with Gasteiger partial charge in [0, 0.05) is 28.4 Å². The van der Waals surface area contributed by atoms with Crippen molar-refractivity contribution < 1.29 is 28.5 Å². The van der Waals surface area contributed by atoms with E-state index in [-0.39, 0.29) is 39.0 Å². The third-order valence-electron chi connectivity index (χ3n) is 4.47. The Hall–Kier alpha value is -1.62. The van der Waals surface area contributed by atoms with Gasteiger partial charge < -0.3 is 18.9 Å². The Morgan fingerprint density at radius 1 is 0.792 bits per heavy atom. The first-order valence-electron chi connectivity index (χ1n) is 7.67. The average molecular weight is 346 g/mol. The SMILES string of the molecule is CCC12C(N(COC)C(=O)N1COC)N(COC)C(=O)N2COC. The number of amides is 4. The summed E-state index contributed by atoms with van der Waals surface area (Å²) in [4.78, 5) is 31.9. The first-order valence-corrected chi connectivity index (χ1v) is 7.67. The van der Waals surface area contributed by atoms with Crippen LogP contribution in [0.3, 0.4) is 0 Å². The molecule has 2 fully saturated rings. The van der Waals surface area contributed by atoms with Gasteiger partial charge in [0.05, 0.1) is 0 Å². The molecule has 24 heavy (non-hydrogen) atoms. The molecular weight excluding hydrogens is 320 g/mol. The smallest absolute Gasteiger partial charge is 0.327 e. The third-order valence-corrected chi connectivity index (χ3v) is 4.47. The molecule has 2 saturated heterocycles. The van der Waals surface area contributed by atoms with Crippen LogP contribution in [-0.4, -0.2) is 98.9 Å². The lowest BCUT2D eigenvalue weighted by molar-refractivity contribution is -0.0812. The van der Waals surface area contributed by atoms with Gasteiger partial charge in [-0.2, -0.15) is 0 Å². The molecule has 0 radical (unpaired) electrons. The highest BCUT2D eigenvalue weighted by molar-refractivity contribution is 5.86. The van der Waals surface area contributed by atoms with Crippen molar-refractivity contribution >= 4 is 12.1 Å². The van der Waals surface area contributed by atoms with Gasteiger partial charge in [0.15, 0.2) is 11.8 Å². The number of fused-ring (bicyclic) bond motifs is 1. The molecule has 0 atom stereocenters. The average Bonchev–Trinajstić information content (AvgIpc) is 2.93. The molecule has 0 aromatic heterocycles. The first kappa shape index (κ1) is 18.7. The summed E-state index contributed by atoms with van der Waals surface area (Å²) in [5, 5.41) is 0. The fraction of sp³-hybridized carbons (Fsp3) is 0.857. The highest BCUT2D eigenvalue weighted by atomic mass is 16.5. The van der Waals surface area contributed by atoms with E-state index in [1.54, 1.807) is 9.80 Å². The van der Waals surface area contributed by atoms with Gasteiger partial charge in [-0.1, -0.05) is 6.92 Å². The molecule has 4 amide bonds. The Kier molecular flexibility index (Phi) is 5.86. The highest BCUT2D eigenvalue weighted by Crippen LogP contribution is 2.45. The monoisotopic (exact) mass is 346 g/mol. The van der Waals surface area contributed by atoms with E-state index in [4.69, 9.17) is 18.9 Å². The van der Waals surface area contributed by atoms with Gasteiger partial charge in [-0.15, -0.1) is 0 Å². The second-order valence-corrected chi connectivity index (χ2v) is 5.64. The van der Waals surface area contributed by atoms with Crippen molar-refractivity contribution in [2.45, 2.75) is 25.2 Å². The van der Waals surface area contributed by atoms with E-state index in [9.17, 15) is 9.59 Å². The van der Waals surface area contributed by atoms with E-state index in [0.29, 0.717) is 6.42 Å². The van der Waals surface area contributed by atoms with Crippen molar-refractivity contribution in [1.29, 1.82) is 0 Å². The lowest BCUT2D eigenvalue weighted by Gasteiger charge is -2.41. The Labute approximate surface area is 141 Å². The number of methoxy groups -OCH3 is 4. The number of hydrogen-bond acceptors (Lipinski definition) is 6. The molecule has 2 aliphatic rings. The van der Waals surface area contributed by atoms with Crippen LogP contribution in [0.1, 0.15) is 13.3 Å². The minimum atomic E-state index is -0.919. The minimum Gasteiger partial charge on any atom is -0.364 e. The Morgan fingerprint density at radius 2 is 1.17 bits per heavy atom. The number of carbonyl (C=O) groups excluding carboxylic acids is 2. The van der Waals surface area contributed by atoms with Gasteiger partial charge in [0.25, 0.3) is 0 Å². The predicted molar refractivity (Wildman–Crippen MR) is 82.5 cm³/mol. The molecule has 138 valence electrons. The predicted octanol–water partition coefficient (Wildman–Crippen LogP) is 0.310. The van der Waals surface area contributed by atoms with E-state index in [2.05, 4.69) is 0 Å². The zero-order valence-corrected chi connectivity index (χ0v) is 14.9. The first-order chi connectivity index (χ1) is 11.5. The van der Waals surface area contributed by atoms with E-state index in [1.807, 2.05) is 6.92 Å². The summed E-state index contributed by atoms with van der Waals surface area (Å²) in [5.74, 6) is 0.